The standard InChI is InChI=1S/C19H30F3N3O4/c1-12(2)15(16(26)19(20,21)22)24-25(28)14(11-13-9-7-6-8-10-13)23-17(27)29-18(3,4)5/h6-10,12,14-16,24-26H,11H2,1-5H3,(H,23,27)/t14-,15+,16+/m1/s1. The molecule has 0 radical (unpaired) electrons. The first kappa shape index (κ1) is 25.2. The summed E-state index contributed by atoms with van der Waals surface area (Å²) in [7, 11) is 0. The average Bonchev–Trinajstić information content (AvgIpc) is 2.56. The zero-order valence-electron chi connectivity index (χ0n) is 17.2. The van der Waals surface area contributed by atoms with Gasteiger partial charge in [-0.1, -0.05) is 44.2 Å². The number of rotatable bonds is 8. The van der Waals surface area contributed by atoms with Gasteiger partial charge in [0.25, 0.3) is 0 Å². The molecule has 7 nitrogen and oxygen atoms in total. The lowest BCUT2D eigenvalue weighted by atomic mass is 9.99. The van der Waals surface area contributed by atoms with Crippen LogP contribution in [-0.4, -0.2) is 41.3 Å². The number of hydrogen-bond donors (Lipinski definition) is 4. The molecule has 1 amide bonds. The van der Waals surface area contributed by atoms with E-state index in [2.05, 4.69) is 10.7 Å². The Bertz CT molecular complexity index is 636. The number of halogens is 3. The van der Waals surface area contributed by atoms with Crippen molar-refractivity contribution in [3.63, 3.8) is 0 Å². The van der Waals surface area contributed by atoms with Gasteiger partial charge >= 0.3 is 12.3 Å². The molecule has 0 aliphatic heterocycles. The van der Waals surface area contributed by atoms with Gasteiger partial charge in [0.1, 0.15) is 5.60 Å². The van der Waals surface area contributed by atoms with Crippen molar-refractivity contribution in [3.05, 3.63) is 41.1 Å². The number of hydroxylamine groups is 1. The SMILES string of the molecule is CC(C)[C@H](N[NH+]([O-])[C@H](Cc1ccccc1)NC(=O)OC(C)(C)C)[C@H](O)C(F)(F)F. The van der Waals surface area contributed by atoms with E-state index in [9.17, 15) is 28.3 Å². The molecule has 0 bridgehead atoms. The van der Waals surface area contributed by atoms with Gasteiger partial charge in [-0.3, -0.25) is 10.5 Å². The molecule has 29 heavy (non-hydrogen) atoms. The number of amides is 1. The average molecular weight is 421 g/mol. The fraction of sp³-hybridized carbons (Fsp3) is 0.632. The van der Waals surface area contributed by atoms with Gasteiger partial charge in [0.05, 0.1) is 6.04 Å². The van der Waals surface area contributed by atoms with Gasteiger partial charge < -0.3 is 15.1 Å². The lowest BCUT2D eigenvalue weighted by molar-refractivity contribution is -0.928. The summed E-state index contributed by atoms with van der Waals surface area (Å²) in [6.07, 6.45) is -9.64. The normalized spacial score (nSPS) is 16.8. The van der Waals surface area contributed by atoms with Crippen molar-refractivity contribution in [1.29, 1.82) is 0 Å². The molecule has 4 N–H and O–H groups in total. The van der Waals surface area contributed by atoms with Crippen molar-refractivity contribution in [2.45, 2.75) is 71.1 Å². The Labute approximate surface area is 168 Å². The number of quaternary nitrogens is 1. The lowest BCUT2D eigenvalue weighted by Gasteiger charge is -2.37. The highest BCUT2D eigenvalue weighted by Crippen LogP contribution is 2.24. The summed E-state index contributed by atoms with van der Waals surface area (Å²) < 4.78 is 44.0. The summed E-state index contributed by atoms with van der Waals surface area (Å²) in [6, 6.07) is 7.13. The summed E-state index contributed by atoms with van der Waals surface area (Å²) in [5.41, 5.74) is 2.11. The number of nitrogens with one attached hydrogen (secondary N) is 3. The Morgan fingerprint density at radius 2 is 1.76 bits per heavy atom. The second-order valence-corrected chi connectivity index (χ2v) is 8.15. The molecule has 1 aromatic carbocycles. The summed E-state index contributed by atoms with van der Waals surface area (Å²) in [5, 5.41) is 23.9. The number of alkyl carbamates (subject to hydrolysis) is 1. The van der Waals surface area contributed by atoms with Crippen LogP contribution in [0.15, 0.2) is 30.3 Å². The topological polar surface area (TPSA) is 98.1 Å². The summed E-state index contributed by atoms with van der Waals surface area (Å²) >= 11 is 0. The van der Waals surface area contributed by atoms with Crippen LogP contribution in [0.2, 0.25) is 0 Å². The van der Waals surface area contributed by atoms with Crippen LogP contribution in [0.5, 0.6) is 0 Å². The van der Waals surface area contributed by atoms with E-state index in [0.717, 1.165) is 0 Å². The molecule has 10 heteroatoms. The molecule has 0 aliphatic carbocycles. The second kappa shape index (κ2) is 10.2. The van der Waals surface area contributed by atoms with Gasteiger partial charge in [-0.15, -0.1) is 0 Å². The summed E-state index contributed by atoms with van der Waals surface area (Å²) in [4.78, 5) is 12.1. The number of hydrogen-bond acceptors (Lipinski definition) is 5. The van der Waals surface area contributed by atoms with Crippen molar-refractivity contribution < 1.29 is 33.0 Å². The van der Waals surface area contributed by atoms with Crippen molar-refractivity contribution in [1.82, 2.24) is 10.7 Å². The molecule has 0 aliphatic rings. The van der Waals surface area contributed by atoms with Gasteiger partial charge in [-0.25, -0.2) is 4.79 Å². The Hall–Kier alpha value is -1.88. The quantitative estimate of drug-likeness (QED) is 0.380. The third-order valence-electron chi connectivity index (χ3n) is 3.99. The Morgan fingerprint density at radius 1 is 1.21 bits per heavy atom. The maximum Gasteiger partial charge on any atom is 0.416 e. The number of aliphatic hydroxyl groups is 1. The highest BCUT2D eigenvalue weighted by Gasteiger charge is 2.46. The molecule has 1 rings (SSSR count). The van der Waals surface area contributed by atoms with Crippen molar-refractivity contribution in [2.24, 2.45) is 5.92 Å². The van der Waals surface area contributed by atoms with E-state index < -0.39 is 47.3 Å². The molecular weight excluding hydrogens is 391 g/mol. The minimum absolute atomic E-state index is 0.0405. The molecule has 0 saturated carbocycles. The second-order valence-electron chi connectivity index (χ2n) is 8.15. The van der Waals surface area contributed by atoms with Crippen LogP contribution in [0.1, 0.15) is 40.2 Å². The van der Waals surface area contributed by atoms with Crippen LogP contribution >= 0.6 is 0 Å². The molecule has 1 aromatic rings. The summed E-state index contributed by atoms with van der Waals surface area (Å²) in [6.45, 7) is 7.84. The Kier molecular flexibility index (Phi) is 8.88. The summed E-state index contributed by atoms with van der Waals surface area (Å²) in [5.74, 6) is -0.700. The number of aliphatic hydroxyl groups excluding tert-OH is 1. The fourth-order valence-electron chi connectivity index (χ4n) is 2.59. The van der Waals surface area contributed by atoms with Crippen LogP contribution in [0.4, 0.5) is 18.0 Å². The van der Waals surface area contributed by atoms with E-state index in [1.54, 1.807) is 51.1 Å². The molecule has 166 valence electrons. The lowest BCUT2D eigenvalue weighted by Crippen LogP contribution is -3.21. The van der Waals surface area contributed by atoms with Crippen LogP contribution in [0.25, 0.3) is 0 Å². The first-order valence-electron chi connectivity index (χ1n) is 9.29. The molecule has 0 aromatic heterocycles. The van der Waals surface area contributed by atoms with E-state index in [4.69, 9.17) is 4.74 Å². The van der Waals surface area contributed by atoms with Gasteiger partial charge in [0.2, 0.25) is 0 Å². The van der Waals surface area contributed by atoms with Gasteiger partial charge in [-0.2, -0.15) is 18.6 Å². The monoisotopic (exact) mass is 421 g/mol. The van der Waals surface area contributed by atoms with E-state index in [1.165, 1.54) is 13.8 Å². The molecule has 0 fully saturated rings. The molecule has 0 saturated heterocycles. The van der Waals surface area contributed by atoms with Crippen molar-refractivity contribution >= 4 is 6.09 Å². The third-order valence-corrected chi connectivity index (χ3v) is 3.99. The maximum absolute atomic E-state index is 13.0. The number of alkyl halides is 3. The fourth-order valence-corrected chi connectivity index (χ4v) is 2.59. The van der Waals surface area contributed by atoms with E-state index in [-0.39, 0.29) is 6.42 Å². The van der Waals surface area contributed by atoms with Gasteiger partial charge in [-0.05, 0) is 32.3 Å². The highest BCUT2D eigenvalue weighted by atomic mass is 19.4. The number of benzene rings is 1. The largest absolute Gasteiger partial charge is 0.612 e. The van der Waals surface area contributed by atoms with Crippen LogP contribution < -0.4 is 15.9 Å². The Balaban J connectivity index is 3.01. The molecule has 1 unspecified atom stereocenters. The first-order valence-corrected chi connectivity index (χ1v) is 9.29. The van der Waals surface area contributed by atoms with Crippen LogP contribution in [0.3, 0.4) is 0 Å². The number of carbonyl (C=O) groups excluding carboxylic acids is 1. The zero-order valence-corrected chi connectivity index (χ0v) is 17.2. The maximum atomic E-state index is 13.0. The van der Waals surface area contributed by atoms with Gasteiger partial charge in [0.15, 0.2) is 12.3 Å². The first-order chi connectivity index (χ1) is 13.2. The van der Waals surface area contributed by atoms with E-state index >= 15 is 0 Å². The van der Waals surface area contributed by atoms with Crippen LogP contribution in [0, 0.1) is 11.1 Å². The third kappa shape index (κ3) is 8.99. The van der Waals surface area contributed by atoms with Crippen molar-refractivity contribution in [2.75, 3.05) is 0 Å². The van der Waals surface area contributed by atoms with E-state index in [1.807, 2.05) is 0 Å². The molecular formula is C19H30F3N3O4. The number of ether oxygens (including phenoxy) is 1. The predicted octanol–water partition coefficient (Wildman–Crippen LogP) is 1.92. The smallest absolute Gasteiger partial charge is 0.416 e. The van der Waals surface area contributed by atoms with Gasteiger partial charge in [0, 0.05) is 6.42 Å². The van der Waals surface area contributed by atoms with E-state index in [0.29, 0.717) is 5.56 Å². The molecule has 0 heterocycles. The zero-order chi connectivity index (χ0) is 22.4. The molecule has 0 spiro atoms. The Morgan fingerprint density at radius 3 is 2.21 bits per heavy atom. The predicted molar refractivity (Wildman–Crippen MR) is 101 cm³/mol. The minimum atomic E-state index is -4.89. The molecule has 4 atom stereocenters. The highest BCUT2D eigenvalue weighted by molar-refractivity contribution is 5.67. The van der Waals surface area contributed by atoms with Crippen LogP contribution in [-0.2, 0) is 11.2 Å². The van der Waals surface area contributed by atoms with Crippen molar-refractivity contribution in [3.8, 4) is 0 Å². The minimum Gasteiger partial charge on any atom is -0.612 e. The number of carbonyl (C=O) groups is 1.